The number of nitrogens with zero attached hydrogens (tertiary/aromatic N) is 2. The van der Waals surface area contributed by atoms with Crippen molar-refractivity contribution in [1.82, 2.24) is 10.2 Å². The number of nitrogens with one attached hydrogen (secondary N) is 1. The van der Waals surface area contributed by atoms with Crippen LogP contribution in [0.3, 0.4) is 0 Å². The van der Waals surface area contributed by atoms with Crippen LogP contribution >= 0.6 is 0 Å². The Morgan fingerprint density at radius 3 is 2.50 bits per heavy atom. The van der Waals surface area contributed by atoms with Crippen LogP contribution in [0.4, 0.5) is 0 Å². The fraction of sp³-hybridized carbons (Fsp3) is 0.933. The lowest BCUT2D eigenvalue weighted by Gasteiger charge is -2.29. The summed E-state index contributed by atoms with van der Waals surface area (Å²) in [7, 11) is 0. The second-order valence-electron chi connectivity index (χ2n) is 5.64. The van der Waals surface area contributed by atoms with E-state index in [9.17, 15) is 5.26 Å². The Hall–Kier alpha value is -0.590. The van der Waals surface area contributed by atoms with E-state index in [-0.39, 0.29) is 5.54 Å². The maximum atomic E-state index is 9.22. The van der Waals surface area contributed by atoms with E-state index < -0.39 is 0 Å². The van der Waals surface area contributed by atoms with E-state index in [0.29, 0.717) is 0 Å². The first-order chi connectivity index (χ1) is 8.65. The quantitative estimate of drug-likeness (QED) is 0.721. The molecule has 1 N–H and O–H groups in total. The number of hydrogen-bond donors (Lipinski definition) is 1. The van der Waals surface area contributed by atoms with Crippen LogP contribution < -0.4 is 5.32 Å². The highest BCUT2D eigenvalue weighted by Crippen LogP contribution is 2.24. The van der Waals surface area contributed by atoms with E-state index >= 15 is 0 Å². The molecule has 0 amide bonds. The van der Waals surface area contributed by atoms with Crippen molar-refractivity contribution in [1.29, 1.82) is 5.26 Å². The predicted molar refractivity (Wildman–Crippen MR) is 76.4 cm³/mol. The maximum absolute atomic E-state index is 9.22. The largest absolute Gasteiger partial charge is 0.301 e. The third-order valence-corrected chi connectivity index (χ3v) is 4.18. The Kier molecular flexibility index (Phi) is 6.67. The van der Waals surface area contributed by atoms with Crippen molar-refractivity contribution >= 4 is 0 Å². The molecule has 1 fully saturated rings. The van der Waals surface area contributed by atoms with E-state index in [2.05, 4.69) is 30.1 Å². The van der Waals surface area contributed by atoms with Crippen molar-refractivity contribution in [2.24, 2.45) is 0 Å². The normalized spacial score (nSPS) is 19.9. The Balaban J connectivity index is 2.32. The van der Waals surface area contributed by atoms with Crippen molar-refractivity contribution in [3.05, 3.63) is 0 Å². The molecule has 1 unspecified atom stereocenters. The molecule has 1 rings (SSSR count). The molecule has 1 atom stereocenters. The molecule has 0 bridgehead atoms. The highest BCUT2D eigenvalue weighted by Gasteiger charge is 2.24. The standard InChI is InChI=1S/C15H29N3/c1-4-17-15(3,13-16)11-8-12-18(5-2)14-9-6-7-10-14/h14,17H,4-12H2,1-3H3. The van der Waals surface area contributed by atoms with Gasteiger partial charge in [-0.1, -0.05) is 26.7 Å². The molecule has 104 valence electrons. The van der Waals surface area contributed by atoms with Gasteiger partial charge in [0.1, 0.15) is 5.54 Å². The topological polar surface area (TPSA) is 39.1 Å². The van der Waals surface area contributed by atoms with Crippen LogP contribution in [0.15, 0.2) is 0 Å². The molecular formula is C15H29N3. The zero-order chi connectivity index (χ0) is 13.4. The summed E-state index contributed by atoms with van der Waals surface area (Å²) in [5.41, 5.74) is -0.343. The van der Waals surface area contributed by atoms with Crippen molar-refractivity contribution in [2.75, 3.05) is 19.6 Å². The third kappa shape index (κ3) is 4.59. The number of nitriles is 1. The summed E-state index contributed by atoms with van der Waals surface area (Å²) >= 11 is 0. The maximum Gasteiger partial charge on any atom is 0.103 e. The molecule has 1 aliphatic carbocycles. The van der Waals surface area contributed by atoms with Gasteiger partial charge in [0.05, 0.1) is 6.07 Å². The zero-order valence-electron chi connectivity index (χ0n) is 12.3. The van der Waals surface area contributed by atoms with Gasteiger partial charge in [-0.05, 0) is 52.2 Å². The van der Waals surface area contributed by atoms with Gasteiger partial charge in [-0.3, -0.25) is 5.32 Å². The monoisotopic (exact) mass is 251 g/mol. The van der Waals surface area contributed by atoms with E-state index in [1.165, 1.54) is 25.7 Å². The second kappa shape index (κ2) is 7.76. The second-order valence-corrected chi connectivity index (χ2v) is 5.64. The molecule has 0 heterocycles. The summed E-state index contributed by atoms with van der Waals surface area (Å²) in [6, 6.07) is 3.22. The summed E-state index contributed by atoms with van der Waals surface area (Å²) in [5, 5.41) is 12.5. The first-order valence-electron chi connectivity index (χ1n) is 7.55. The summed E-state index contributed by atoms with van der Waals surface area (Å²) < 4.78 is 0. The van der Waals surface area contributed by atoms with E-state index in [1.54, 1.807) is 0 Å². The number of hydrogen-bond acceptors (Lipinski definition) is 3. The summed E-state index contributed by atoms with van der Waals surface area (Å²) in [6.45, 7) is 9.49. The molecule has 1 aliphatic rings. The van der Waals surface area contributed by atoms with E-state index in [4.69, 9.17) is 0 Å². The van der Waals surface area contributed by atoms with Crippen LogP contribution in [0.25, 0.3) is 0 Å². The van der Waals surface area contributed by atoms with Gasteiger partial charge in [0.2, 0.25) is 0 Å². The predicted octanol–water partition coefficient (Wildman–Crippen LogP) is 2.92. The van der Waals surface area contributed by atoms with Gasteiger partial charge in [-0.25, -0.2) is 0 Å². The molecule has 0 aromatic heterocycles. The smallest absolute Gasteiger partial charge is 0.103 e. The summed E-state index contributed by atoms with van der Waals surface area (Å²) in [5.74, 6) is 0. The average Bonchev–Trinajstić information content (AvgIpc) is 2.89. The van der Waals surface area contributed by atoms with Gasteiger partial charge < -0.3 is 4.90 Å². The molecule has 0 aromatic rings. The molecule has 3 nitrogen and oxygen atoms in total. The van der Waals surface area contributed by atoms with E-state index in [0.717, 1.165) is 38.5 Å². The molecular weight excluding hydrogens is 222 g/mol. The van der Waals surface area contributed by atoms with Crippen molar-refractivity contribution < 1.29 is 0 Å². The molecule has 18 heavy (non-hydrogen) atoms. The summed E-state index contributed by atoms with van der Waals surface area (Å²) in [4.78, 5) is 2.61. The minimum Gasteiger partial charge on any atom is -0.301 e. The van der Waals surface area contributed by atoms with Crippen LogP contribution in [0.2, 0.25) is 0 Å². The molecule has 3 heteroatoms. The van der Waals surface area contributed by atoms with Crippen molar-refractivity contribution in [3.63, 3.8) is 0 Å². The molecule has 0 spiro atoms. The minimum absolute atomic E-state index is 0.343. The Morgan fingerprint density at radius 1 is 1.33 bits per heavy atom. The molecule has 1 saturated carbocycles. The Morgan fingerprint density at radius 2 is 2.00 bits per heavy atom. The van der Waals surface area contributed by atoms with Gasteiger partial charge in [0.25, 0.3) is 0 Å². The fourth-order valence-electron chi connectivity index (χ4n) is 3.08. The van der Waals surface area contributed by atoms with Gasteiger partial charge in [0.15, 0.2) is 0 Å². The first kappa shape index (κ1) is 15.5. The van der Waals surface area contributed by atoms with Crippen molar-refractivity contribution in [2.45, 2.75) is 70.9 Å². The van der Waals surface area contributed by atoms with Gasteiger partial charge in [-0.2, -0.15) is 5.26 Å². The average molecular weight is 251 g/mol. The summed E-state index contributed by atoms with van der Waals surface area (Å²) in [6.07, 6.45) is 7.60. The highest BCUT2D eigenvalue weighted by atomic mass is 15.1. The van der Waals surface area contributed by atoms with Gasteiger partial charge in [0, 0.05) is 6.04 Å². The number of rotatable bonds is 8. The molecule has 0 saturated heterocycles. The lowest BCUT2D eigenvalue weighted by atomic mass is 9.97. The Labute approximate surface area is 113 Å². The van der Waals surface area contributed by atoms with Crippen LogP contribution in [0.1, 0.15) is 59.3 Å². The van der Waals surface area contributed by atoms with Crippen LogP contribution in [0, 0.1) is 11.3 Å². The Bertz CT molecular complexity index is 265. The first-order valence-corrected chi connectivity index (χ1v) is 7.55. The fourth-order valence-corrected chi connectivity index (χ4v) is 3.08. The SMILES string of the molecule is CCNC(C)(C#N)CCCN(CC)C1CCCC1. The van der Waals surface area contributed by atoms with Gasteiger partial charge >= 0.3 is 0 Å². The minimum atomic E-state index is -0.343. The van der Waals surface area contributed by atoms with Crippen LogP contribution in [-0.2, 0) is 0 Å². The third-order valence-electron chi connectivity index (χ3n) is 4.18. The van der Waals surface area contributed by atoms with Gasteiger partial charge in [-0.15, -0.1) is 0 Å². The molecule has 0 aromatic carbocycles. The molecule has 0 aliphatic heterocycles. The highest BCUT2D eigenvalue weighted by molar-refractivity contribution is 5.03. The lowest BCUT2D eigenvalue weighted by Crippen LogP contribution is -2.42. The van der Waals surface area contributed by atoms with Crippen LogP contribution in [-0.4, -0.2) is 36.1 Å². The van der Waals surface area contributed by atoms with Crippen LogP contribution in [0.5, 0.6) is 0 Å². The lowest BCUT2D eigenvalue weighted by molar-refractivity contribution is 0.199. The molecule has 0 radical (unpaired) electrons. The zero-order valence-corrected chi connectivity index (χ0v) is 12.3. The van der Waals surface area contributed by atoms with E-state index in [1.807, 2.05) is 6.92 Å². The van der Waals surface area contributed by atoms with Crippen molar-refractivity contribution in [3.8, 4) is 6.07 Å².